The summed E-state index contributed by atoms with van der Waals surface area (Å²) >= 11 is 11.0. The second-order valence-corrected chi connectivity index (χ2v) is 6.88. The molecule has 2 aromatic rings. The second-order valence-electron chi connectivity index (χ2n) is 6.03. The summed E-state index contributed by atoms with van der Waals surface area (Å²) in [6, 6.07) is 14.6. The molecule has 25 heavy (non-hydrogen) atoms. The van der Waals surface area contributed by atoms with Crippen molar-refractivity contribution >= 4 is 40.5 Å². The van der Waals surface area contributed by atoms with Gasteiger partial charge in [0.25, 0.3) is 0 Å². The number of amides is 1. The third-order valence-corrected chi connectivity index (χ3v) is 3.68. The lowest BCUT2D eigenvalue weighted by molar-refractivity contribution is -0.119. The first-order valence-corrected chi connectivity index (χ1v) is 8.79. The molecular formula is C19H21ClN2O2S. The third kappa shape index (κ3) is 7.11. The Balaban J connectivity index is 1.81. The molecule has 2 N–H and O–H groups in total. The van der Waals surface area contributed by atoms with Gasteiger partial charge in [0.05, 0.1) is 13.0 Å². The van der Waals surface area contributed by atoms with Crippen LogP contribution in [0.1, 0.15) is 19.4 Å². The Labute approximate surface area is 158 Å². The van der Waals surface area contributed by atoms with Gasteiger partial charge < -0.3 is 15.4 Å². The molecule has 0 aromatic heterocycles. The van der Waals surface area contributed by atoms with Gasteiger partial charge in [-0.2, -0.15) is 0 Å². The summed E-state index contributed by atoms with van der Waals surface area (Å²) in [5.41, 5.74) is 1.66. The van der Waals surface area contributed by atoms with Crippen LogP contribution in [0.3, 0.4) is 0 Å². The third-order valence-electron chi connectivity index (χ3n) is 3.23. The van der Waals surface area contributed by atoms with Crippen LogP contribution in [-0.4, -0.2) is 17.6 Å². The summed E-state index contributed by atoms with van der Waals surface area (Å²) in [5.74, 6) is 1.09. The molecule has 0 aliphatic carbocycles. The maximum Gasteiger partial charge on any atom is 0.230 e. The summed E-state index contributed by atoms with van der Waals surface area (Å²) < 4.78 is 5.63. The quantitative estimate of drug-likeness (QED) is 0.732. The van der Waals surface area contributed by atoms with E-state index in [1.165, 1.54) is 0 Å². The van der Waals surface area contributed by atoms with Gasteiger partial charge in [-0.15, -0.1) is 0 Å². The van der Waals surface area contributed by atoms with Crippen molar-refractivity contribution in [2.45, 2.75) is 20.3 Å². The Kier molecular flexibility index (Phi) is 7.22. The van der Waals surface area contributed by atoms with Crippen LogP contribution in [0.5, 0.6) is 5.75 Å². The molecule has 0 heterocycles. The van der Waals surface area contributed by atoms with Crippen molar-refractivity contribution in [1.29, 1.82) is 0 Å². The Morgan fingerprint density at radius 2 is 1.76 bits per heavy atom. The zero-order valence-electron chi connectivity index (χ0n) is 14.2. The maximum atomic E-state index is 12.0. The summed E-state index contributed by atoms with van der Waals surface area (Å²) in [5, 5.41) is 6.55. The molecule has 132 valence electrons. The monoisotopic (exact) mass is 376 g/mol. The standard InChI is InChI=1S/C19H21ClN2O2S/c1-13(2)12-24-17-9-7-16(8-10-17)21-19(25)22-18(23)11-14-3-5-15(20)6-4-14/h3-10,13H,11-12H2,1-2H3,(H2,21,22,23,25). The van der Waals surface area contributed by atoms with Crippen molar-refractivity contribution in [3.05, 3.63) is 59.1 Å². The first kappa shape index (κ1) is 19.2. The van der Waals surface area contributed by atoms with Crippen molar-refractivity contribution in [3.63, 3.8) is 0 Å². The molecule has 1 amide bonds. The molecule has 0 saturated carbocycles. The molecule has 0 aliphatic heterocycles. The number of nitrogens with one attached hydrogen (secondary N) is 2. The highest BCUT2D eigenvalue weighted by Gasteiger charge is 2.07. The summed E-state index contributed by atoms with van der Waals surface area (Å²) in [6.07, 6.45) is 0.237. The minimum Gasteiger partial charge on any atom is -0.493 e. The van der Waals surface area contributed by atoms with Gasteiger partial charge in [-0.3, -0.25) is 4.79 Å². The highest BCUT2D eigenvalue weighted by Crippen LogP contribution is 2.16. The number of hydrogen-bond donors (Lipinski definition) is 2. The Morgan fingerprint density at radius 3 is 2.36 bits per heavy atom. The summed E-state index contributed by atoms with van der Waals surface area (Å²) in [7, 11) is 0. The zero-order chi connectivity index (χ0) is 18.2. The Hall–Kier alpha value is -2.11. The zero-order valence-corrected chi connectivity index (χ0v) is 15.8. The van der Waals surface area contributed by atoms with Crippen LogP contribution in [0.25, 0.3) is 0 Å². The van der Waals surface area contributed by atoms with Crippen LogP contribution in [0, 0.1) is 5.92 Å². The van der Waals surface area contributed by atoms with E-state index >= 15 is 0 Å². The number of carbonyl (C=O) groups is 1. The van der Waals surface area contributed by atoms with E-state index in [0.29, 0.717) is 17.5 Å². The van der Waals surface area contributed by atoms with Crippen LogP contribution in [-0.2, 0) is 11.2 Å². The van der Waals surface area contributed by atoms with Gasteiger partial charge in [-0.1, -0.05) is 37.6 Å². The molecule has 0 aliphatic rings. The normalized spacial score (nSPS) is 10.4. The van der Waals surface area contributed by atoms with Gasteiger partial charge in [-0.25, -0.2) is 0 Å². The first-order chi connectivity index (χ1) is 11.9. The topological polar surface area (TPSA) is 50.4 Å². The van der Waals surface area contributed by atoms with E-state index in [-0.39, 0.29) is 17.4 Å². The Morgan fingerprint density at radius 1 is 1.12 bits per heavy atom. The Bertz CT molecular complexity index is 715. The summed E-state index contributed by atoms with van der Waals surface area (Å²) in [6.45, 7) is 4.87. The van der Waals surface area contributed by atoms with Gasteiger partial charge in [0.1, 0.15) is 5.75 Å². The molecule has 4 nitrogen and oxygen atoms in total. The smallest absolute Gasteiger partial charge is 0.230 e. The minimum absolute atomic E-state index is 0.184. The number of benzene rings is 2. The van der Waals surface area contributed by atoms with E-state index < -0.39 is 0 Å². The molecule has 0 saturated heterocycles. The van der Waals surface area contributed by atoms with E-state index in [2.05, 4.69) is 24.5 Å². The van der Waals surface area contributed by atoms with E-state index in [1.807, 2.05) is 36.4 Å². The lowest BCUT2D eigenvalue weighted by Crippen LogP contribution is -2.35. The molecule has 0 atom stereocenters. The van der Waals surface area contributed by atoms with Gasteiger partial charge in [-0.05, 0) is 60.1 Å². The fraction of sp³-hybridized carbons (Fsp3) is 0.263. The fourth-order valence-corrected chi connectivity index (χ4v) is 2.38. The lowest BCUT2D eigenvalue weighted by Gasteiger charge is -2.11. The SMILES string of the molecule is CC(C)COc1ccc(NC(=S)NC(=O)Cc2ccc(Cl)cc2)cc1. The molecule has 0 radical (unpaired) electrons. The highest BCUT2D eigenvalue weighted by atomic mass is 35.5. The summed E-state index contributed by atoms with van der Waals surface area (Å²) in [4.78, 5) is 12.0. The van der Waals surface area contributed by atoms with Crippen molar-refractivity contribution in [2.75, 3.05) is 11.9 Å². The number of carbonyl (C=O) groups excluding carboxylic acids is 1. The van der Waals surface area contributed by atoms with E-state index in [0.717, 1.165) is 17.0 Å². The van der Waals surface area contributed by atoms with E-state index in [4.69, 9.17) is 28.6 Å². The van der Waals surface area contributed by atoms with Crippen molar-refractivity contribution < 1.29 is 9.53 Å². The maximum absolute atomic E-state index is 12.0. The number of thiocarbonyl (C=S) groups is 1. The average molecular weight is 377 g/mol. The van der Waals surface area contributed by atoms with Crippen LogP contribution in [0.4, 0.5) is 5.69 Å². The van der Waals surface area contributed by atoms with Crippen molar-refractivity contribution in [3.8, 4) is 5.75 Å². The van der Waals surface area contributed by atoms with Gasteiger partial charge in [0.2, 0.25) is 5.91 Å². The molecule has 0 unspecified atom stereocenters. The van der Waals surface area contributed by atoms with E-state index in [9.17, 15) is 4.79 Å². The predicted octanol–water partition coefficient (Wildman–Crippen LogP) is 4.43. The highest BCUT2D eigenvalue weighted by molar-refractivity contribution is 7.80. The molecule has 2 rings (SSSR count). The van der Waals surface area contributed by atoms with Crippen LogP contribution < -0.4 is 15.4 Å². The molecule has 0 fully saturated rings. The number of hydrogen-bond acceptors (Lipinski definition) is 3. The number of halogens is 1. The van der Waals surface area contributed by atoms with Crippen molar-refractivity contribution in [2.24, 2.45) is 5.92 Å². The van der Waals surface area contributed by atoms with Crippen LogP contribution in [0.15, 0.2) is 48.5 Å². The van der Waals surface area contributed by atoms with Gasteiger partial charge >= 0.3 is 0 Å². The number of rotatable bonds is 6. The van der Waals surface area contributed by atoms with Crippen molar-refractivity contribution in [1.82, 2.24) is 5.32 Å². The minimum atomic E-state index is -0.184. The van der Waals surface area contributed by atoms with Gasteiger partial charge in [0, 0.05) is 10.7 Å². The van der Waals surface area contributed by atoms with Crippen LogP contribution in [0.2, 0.25) is 5.02 Å². The molecule has 0 bridgehead atoms. The fourth-order valence-electron chi connectivity index (χ4n) is 2.02. The molecular weight excluding hydrogens is 356 g/mol. The molecule has 2 aromatic carbocycles. The van der Waals surface area contributed by atoms with E-state index in [1.54, 1.807) is 12.1 Å². The second kappa shape index (κ2) is 9.39. The molecule has 6 heteroatoms. The van der Waals surface area contributed by atoms with Gasteiger partial charge in [0.15, 0.2) is 5.11 Å². The lowest BCUT2D eigenvalue weighted by atomic mass is 10.1. The predicted molar refractivity (Wildman–Crippen MR) is 106 cm³/mol. The number of anilines is 1. The first-order valence-electron chi connectivity index (χ1n) is 8.00. The largest absolute Gasteiger partial charge is 0.493 e. The van der Waals surface area contributed by atoms with Crippen LogP contribution >= 0.6 is 23.8 Å². The average Bonchev–Trinajstić information content (AvgIpc) is 2.56. The molecule has 0 spiro atoms. The number of ether oxygens (including phenoxy) is 1.